The van der Waals surface area contributed by atoms with E-state index < -0.39 is 0 Å². The van der Waals surface area contributed by atoms with Crippen LogP contribution in [-0.2, 0) is 23.2 Å². The standard InChI is InChI=1S/C26H46N2P2/c1-25(2,3)23-12-11-19(17-29)22(24(23)26(4,5)6)18-30(20-9-7-13-27-15-20)21-10-8-14-28-16-21/h11-12,20-21,27-28H,7-10,13-18,29H2,1-6H3. The van der Waals surface area contributed by atoms with Crippen molar-refractivity contribution < 1.29 is 0 Å². The average molecular weight is 449 g/mol. The number of benzene rings is 1. The van der Waals surface area contributed by atoms with Gasteiger partial charge in [-0.05, 0) is 95.5 Å². The number of nitrogens with one attached hydrogen (secondary N) is 2. The van der Waals surface area contributed by atoms with Crippen LogP contribution in [0, 0.1) is 0 Å². The van der Waals surface area contributed by atoms with E-state index in [0.717, 1.165) is 17.5 Å². The lowest BCUT2D eigenvalue weighted by Gasteiger charge is -2.41. The highest BCUT2D eigenvalue weighted by molar-refractivity contribution is 7.58. The summed E-state index contributed by atoms with van der Waals surface area (Å²) in [5.41, 5.74) is 8.58. The highest BCUT2D eigenvalue weighted by Crippen LogP contribution is 2.55. The van der Waals surface area contributed by atoms with Crippen molar-refractivity contribution in [2.24, 2.45) is 0 Å². The van der Waals surface area contributed by atoms with Gasteiger partial charge in [-0.3, -0.25) is 0 Å². The van der Waals surface area contributed by atoms with Gasteiger partial charge in [0.1, 0.15) is 0 Å². The summed E-state index contributed by atoms with van der Waals surface area (Å²) in [5.74, 6) is 0. The molecule has 3 unspecified atom stereocenters. The number of rotatable bonds is 5. The monoisotopic (exact) mass is 448 g/mol. The fourth-order valence-electron chi connectivity index (χ4n) is 5.52. The maximum atomic E-state index is 3.74. The van der Waals surface area contributed by atoms with Crippen LogP contribution in [0.1, 0.15) is 89.5 Å². The fourth-order valence-corrected chi connectivity index (χ4v) is 9.49. The Bertz CT molecular complexity index is 672. The Hall–Kier alpha value is -0.0000000000000000555. The molecule has 170 valence electrons. The largest absolute Gasteiger partial charge is 0.316 e. The van der Waals surface area contributed by atoms with Crippen LogP contribution in [0.2, 0.25) is 0 Å². The molecule has 30 heavy (non-hydrogen) atoms. The van der Waals surface area contributed by atoms with Crippen molar-refractivity contribution in [3.05, 3.63) is 34.4 Å². The zero-order valence-corrected chi connectivity index (χ0v) is 22.5. The Morgan fingerprint density at radius 3 is 1.87 bits per heavy atom. The minimum absolute atomic E-state index is 0.0411. The van der Waals surface area contributed by atoms with Crippen molar-refractivity contribution >= 4 is 17.2 Å². The van der Waals surface area contributed by atoms with Crippen LogP contribution >= 0.6 is 17.2 Å². The SMILES string of the molecule is CC(C)(C)c1ccc(CP)c(CP(C2CCCNC2)C2CCCNC2)c1C(C)(C)C. The molecule has 1 aromatic rings. The van der Waals surface area contributed by atoms with Crippen LogP contribution in [0.15, 0.2) is 12.1 Å². The van der Waals surface area contributed by atoms with Crippen LogP contribution in [0.5, 0.6) is 0 Å². The van der Waals surface area contributed by atoms with E-state index in [1.165, 1.54) is 58.0 Å². The van der Waals surface area contributed by atoms with Crippen molar-refractivity contribution in [2.45, 2.75) is 102 Å². The summed E-state index contributed by atoms with van der Waals surface area (Å²) in [6.07, 6.45) is 7.94. The van der Waals surface area contributed by atoms with Gasteiger partial charge in [-0.2, -0.15) is 0 Å². The van der Waals surface area contributed by atoms with Gasteiger partial charge < -0.3 is 10.6 Å². The summed E-state index contributed by atoms with van der Waals surface area (Å²) >= 11 is 0. The Morgan fingerprint density at radius 1 is 0.900 bits per heavy atom. The molecule has 2 saturated heterocycles. The second-order valence-corrected chi connectivity index (χ2v) is 14.7. The molecule has 3 atom stereocenters. The van der Waals surface area contributed by atoms with Gasteiger partial charge in [0.2, 0.25) is 0 Å². The summed E-state index contributed by atoms with van der Waals surface area (Å²) in [6.45, 7) is 19.4. The van der Waals surface area contributed by atoms with Crippen LogP contribution in [0.25, 0.3) is 0 Å². The van der Waals surface area contributed by atoms with Gasteiger partial charge in [-0.15, -0.1) is 9.24 Å². The summed E-state index contributed by atoms with van der Waals surface area (Å²) in [6, 6.07) is 4.89. The molecule has 0 saturated carbocycles. The average Bonchev–Trinajstić information content (AvgIpc) is 2.71. The van der Waals surface area contributed by atoms with Crippen LogP contribution < -0.4 is 10.6 Å². The summed E-state index contributed by atoms with van der Waals surface area (Å²) < 4.78 is 0. The highest BCUT2D eigenvalue weighted by atomic mass is 31.1. The van der Waals surface area contributed by atoms with E-state index in [4.69, 9.17) is 0 Å². The Morgan fingerprint density at radius 2 is 1.47 bits per heavy atom. The fraction of sp³-hybridized carbons (Fsp3) is 0.769. The molecule has 1 aromatic carbocycles. The van der Waals surface area contributed by atoms with E-state index in [1.807, 2.05) is 0 Å². The second-order valence-electron chi connectivity index (χ2n) is 11.5. The van der Waals surface area contributed by atoms with E-state index in [0.29, 0.717) is 0 Å². The number of hydrogen-bond acceptors (Lipinski definition) is 2. The van der Waals surface area contributed by atoms with E-state index >= 15 is 0 Å². The van der Waals surface area contributed by atoms with E-state index in [2.05, 4.69) is 73.5 Å². The van der Waals surface area contributed by atoms with Crippen molar-refractivity contribution in [1.29, 1.82) is 0 Å². The zero-order valence-electron chi connectivity index (χ0n) is 20.4. The molecular weight excluding hydrogens is 402 g/mol. The van der Waals surface area contributed by atoms with E-state index in [9.17, 15) is 0 Å². The predicted molar refractivity (Wildman–Crippen MR) is 140 cm³/mol. The van der Waals surface area contributed by atoms with Crippen molar-refractivity contribution in [3.63, 3.8) is 0 Å². The first-order valence-electron chi connectivity index (χ1n) is 12.2. The molecule has 0 aliphatic carbocycles. The predicted octanol–water partition coefficient (Wildman–Crippen LogP) is 6.14. The van der Waals surface area contributed by atoms with Crippen LogP contribution in [0.3, 0.4) is 0 Å². The lowest BCUT2D eigenvalue weighted by Crippen LogP contribution is -2.39. The zero-order chi connectivity index (χ0) is 21.9. The van der Waals surface area contributed by atoms with Crippen molar-refractivity contribution in [2.75, 3.05) is 26.2 Å². The normalized spacial score (nSPS) is 24.6. The van der Waals surface area contributed by atoms with Gasteiger partial charge in [-0.1, -0.05) is 61.6 Å². The molecule has 2 fully saturated rings. The first-order chi connectivity index (χ1) is 14.1. The maximum absolute atomic E-state index is 3.74. The van der Waals surface area contributed by atoms with Gasteiger partial charge in [-0.25, -0.2) is 0 Å². The number of piperidine rings is 2. The second kappa shape index (κ2) is 10.3. The van der Waals surface area contributed by atoms with E-state index in [1.54, 1.807) is 22.3 Å². The molecule has 2 aliphatic rings. The maximum Gasteiger partial charge on any atom is 0.00191 e. The molecule has 4 heteroatoms. The topological polar surface area (TPSA) is 24.1 Å². The molecule has 2 nitrogen and oxygen atoms in total. The number of hydrogen-bond donors (Lipinski definition) is 2. The van der Waals surface area contributed by atoms with Gasteiger partial charge >= 0.3 is 0 Å². The smallest absolute Gasteiger partial charge is 0.00191 e. The molecular formula is C26H46N2P2. The van der Waals surface area contributed by atoms with Crippen LogP contribution in [0.4, 0.5) is 0 Å². The van der Waals surface area contributed by atoms with Gasteiger partial charge in [0.15, 0.2) is 0 Å². The van der Waals surface area contributed by atoms with Gasteiger partial charge in [0.05, 0.1) is 0 Å². The first kappa shape index (κ1) is 24.6. The molecule has 0 radical (unpaired) electrons. The third-order valence-corrected chi connectivity index (χ3v) is 10.9. The third kappa shape index (κ3) is 5.86. The van der Waals surface area contributed by atoms with Crippen molar-refractivity contribution in [3.8, 4) is 0 Å². The summed E-state index contributed by atoms with van der Waals surface area (Å²) in [7, 11) is 2.98. The molecule has 3 rings (SSSR count). The highest BCUT2D eigenvalue weighted by Gasteiger charge is 2.35. The summed E-state index contributed by atoms with van der Waals surface area (Å²) in [4.78, 5) is 0. The van der Waals surface area contributed by atoms with E-state index in [-0.39, 0.29) is 18.8 Å². The quantitative estimate of drug-likeness (QED) is 0.529. The van der Waals surface area contributed by atoms with Gasteiger partial charge in [0, 0.05) is 13.1 Å². The molecule has 2 heterocycles. The Balaban J connectivity index is 2.08. The Kier molecular flexibility index (Phi) is 8.45. The summed E-state index contributed by atoms with van der Waals surface area (Å²) in [5, 5.41) is 7.48. The molecule has 0 bridgehead atoms. The lowest BCUT2D eigenvalue weighted by atomic mass is 9.72. The molecule has 2 N–H and O–H groups in total. The van der Waals surface area contributed by atoms with Crippen LogP contribution in [-0.4, -0.2) is 37.5 Å². The lowest BCUT2D eigenvalue weighted by molar-refractivity contribution is 0.499. The minimum Gasteiger partial charge on any atom is -0.316 e. The minimum atomic E-state index is -0.0411. The Labute approximate surface area is 190 Å². The third-order valence-electron chi connectivity index (χ3n) is 7.01. The van der Waals surface area contributed by atoms with Crippen molar-refractivity contribution in [1.82, 2.24) is 10.6 Å². The molecule has 0 amide bonds. The van der Waals surface area contributed by atoms with Gasteiger partial charge in [0.25, 0.3) is 0 Å². The molecule has 0 aromatic heterocycles. The molecule has 2 aliphatic heterocycles. The molecule has 0 spiro atoms. The first-order valence-corrected chi connectivity index (χ1v) is 14.6.